The number of para-hydroxylation sites is 1. The van der Waals surface area contributed by atoms with Gasteiger partial charge in [-0.2, -0.15) is 0 Å². The van der Waals surface area contributed by atoms with Crippen LogP contribution in [-0.4, -0.2) is 40.1 Å². The van der Waals surface area contributed by atoms with Crippen molar-refractivity contribution >= 4 is 17.7 Å². The summed E-state index contributed by atoms with van der Waals surface area (Å²) < 4.78 is 7.48. The van der Waals surface area contributed by atoms with Crippen LogP contribution in [0.25, 0.3) is 17.1 Å². The van der Waals surface area contributed by atoms with Crippen LogP contribution in [0.4, 0.5) is 0 Å². The molecule has 0 fully saturated rings. The molecule has 3 rings (SSSR count). The fourth-order valence-corrected chi connectivity index (χ4v) is 3.52. The van der Waals surface area contributed by atoms with Gasteiger partial charge in [-0.05, 0) is 37.6 Å². The van der Waals surface area contributed by atoms with Crippen molar-refractivity contribution in [1.29, 1.82) is 0 Å². The molecule has 0 bridgehead atoms. The maximum Gasteiger partial charge on any atom is 0.230 e. The Morgan fingerprint density at radius 1 is 1.14 bits per heavy atom. The molecular weight excluding hydrogens is 372 g/mol. The van der Waals surface area contributed by atoms with Crippen molar-refractivity contribution in [3.8, 4) is 22.8 Å². The lowest BCUT2D eigenvalue weighted by Crippen LogP contribution is -2.25. The number of carbonyl (C=O) groups is 1. The second kappa shape index (κ2) is 9.41. The molecule has 1 heterocycles. The van der Waals surface area contributed by atoms with Gasteiger partial charge in [0, 0.05) is 12.2 Å². The van der Waals surface area contributed by atoms with E-state index in [1.807, 2.05) is 66.9 Å². The van der Waals surface area contributed by atoms with E-state index in [4.69, 9.17) is 4.74 Å². The Morgan fingerprint density at radius 2 is 1.89 bits per heavy atom. The Morgan fingerprint density at radius 3 is 2.61 bits per heavy atom. The first-order valence-electron chi connectivity index (χ1n) is 9.19. The smallest absolute Gasteiger partial charge is 0.230 e. The van der Waals surface area contributed by atoms with E-state index in [0.717, 1.165) is 23.4 Å². The first kappa shape index (κ1) is 19.9. The Labute approximate surface area is 169 Å². The van der Waals surface area contributed by atoms with E-state index in [1.165, 1.54) is 17.3 Å². The van der Waals surface area contributed by atoms with Gasteiger partial charge in [0.2, 0.25) is 5.91 Å². The predicted molar refractivity (Wildman–Crippen MR) is 112 cm³/mol. The number of aromatic nitrogens is 3. The fraction of sp³-hybridized carbons (Fsp3) is 0.286. The fourth-order valence-electron chi connectivity index (χ4n) is 2.74. The van der Waals surface area contributed by atoms with Crippen molar-refractivity contribution in [3.05, 3.63) is 54.1 Å². The third kappa shape index (κ3) is 4.54. The number of nitrogens with zero attached hydrogens (tertiary/aromatic N) is 3. The van der Waals surface area contributed by atoms with E-state index in [0.29, 0.717) is 17.5 Å². The summed E-state index contributed by atoms with van der Waals surface area (Å²) in [5.74, 6) is 1.68. The quantitative estimate of drug-likeness (QED) is 0.586. The minimum atomic E-state index is -0.0100. The van der Waals surface area contributed by atoms with Gasteiger partial charge in [-0.3, -0.25) is 9.36 Å². The summed E-state index contributed by atoms with van der Waals surface area (Å²) in [6.07, 6.45) is 0.911. The van der Waals surface area contributed by atoms with Crippen LogP contribution in [0.2, 0.25) is 0 Å². The van der Waals surface area contributed by atoms with E-state index in [9.17, 15) is 4.79 Å². The monoisotopic (exact) mass is 396 g/mol. The van der Waals surface area contributed by atoms with Crippen LogP contribution in [0.1, 0.15) is 18.9 Å². The standard InChI is InChI=1S/C21H24N4O2S/c1-4-13-22-19(26)14-28-21-24-23-20(17-7-5-6-8-18(17)27-3)25(21)16-11-9-15(2)10-12-16/h5-12H,4,13-14H2,1-3H3,(H,22,26). The first-order valence-corrected chi connectivity index (χ1v) is 10.2. The maximum atomic E-state index is 12.0. The second-order valence-corrected chi connectivity index (χ2v) is 7.26. The van der Waals surface area contributed by atoms with Gasteiger partial charge in [0.1, 0.15) is 5.75 Å². The number of hydrogen-bond acceptors (Lipinski definition) is 5. The van der Waals surface area contributed by atoms with E-state index >= 15 is 0 Å². The molecule has 28 heavy (non-hydrogen) atoms. The molecule has 0 atom stereocenters. The van der Waals surface area contributed by atoms with Crippen molar-refractivity contribution in [2.45, 2.75) is 25.4 Å². The molecule has 0 saturated heterocycles. The Hall–Kier alpha value is -2.80. The minimum absolute atomic E-state index is 0.0100. The molecular formula is C21H24N4O2S. The second-order valence-electron chi connectivity index (χ2n) is 6.32. The maximum absolute atomic E-state index is 12.0. The average Bonchev–Trinajstić information content (AvgIpc) is 3.15. The van der Waals surface area contributed by atoms with Crippen LogP contribution in [-0.2, 0) is 4.79 Å². The predicted octanol–water partition coefficient (Wildman–Crippen LogP) is 3.87. The lowest BCUT2D eigenvalue weighted by Gasteiger charge is -2.12. The van der Waals surface area contributed by atoms with Crippen LogP contribution in [0.3, 0.4) is 0 Å². The summed E-state index contributed by atoms with van der Waals surface area (Å²) in [6, 6.07) is 15.9. The summed E-state index contributed by atoms with van der Waals surface area (Å²) in [6.45, 7) is 4.75. The molecule has 0 aliphatic carbocycles. The summed E-state index contributed by atoms with van der Waals surface area (Å²) in [5.41, 5.74) is 2.96. The highest BCUT2D eigenvalue weighted by molar-refractivity contribution is 7.99. The number of carbonyl (C=O) groups excluding carboxylic acids is 1. The van der Waals surface area contributed by atoms with Gasteiger partial charge in [-0.25, -0.2) is 0 Å². The number of benzene rings is 2. The van der Waals surface area contributed by atoms with Crippen LogP contribution >= 0.6 is 11.8 Å². The molecule has 3 aromatic rings. The molecule has 2 aromatic carbocycles. The molecule has 7 heteroatoms. The van der Waals surface area contributed by atoms with Gasteiger partial charge in [0.05, 0.1) is 18.4 Å². The van der Waals surface area contributed by atoms with Crippen LogP contribution in [0.5, 0.6) is 5.75 Å². The molecule has 0 aliphatic heterocycles. The van der Waals surface area contributed by atoms with Crippen LogP contribution in [0.15, 0.2) is 53.7 Å². The molecule has 1 amide bonds. The van der Waals surface area contributed by atoms with Crippen LogP contribution < -0.4 is 10.1 Å². The Balaban J connectivity index is 2.00. The third-order valence-electron chi connectivity index (χ3n) is 4.18. The Bertz CT molecular complexity index is 938. The number of nitrogens with one attached hydrogen (secondary N) is 1. The number of hydrogen-bond donors (Lipinski definition) is 1. The van der Waals surface area contributed by atoms with E-state index < -0.39 is 0 Å². The molecule has 1 aromatic heterocycles. The number of methoxy groups -OCH3 is 1. The van der Waals surface area contributed by atoms with E-state index in [1.54, 1.807) is 7.11 Å². The normalized spacial score (nSPS) is 10.7. The van der Waals surface area contributed by atoms with E-state index in [2.05, 4.69) is 15.5 Å². The van der Waals surface area contributed by atoms with Gasteiger partial charge in [-0.15, -0.1) is 10.2 Å². The van der Waals surface area contributed by atoms with Gasteiger partial charge in [0.15, 0.2) is 11.0 Å². The summed E-state index contributed by atoms with van der Waals surface area (Å²) >= 11 is 1.37. The minimum Gasteiger partial charge on any atom is -0.496 e. The zero-order valence-electron chi connectivity index (χ0n) is 16.3. The van der Waals surface area contributed by atoms with Crippen molar-refractivity contribution in [1.82, 2.24) is 20.1 Å². The topological polar surface area (TPSA) is 69.0 Å². The van der Waals surface area contributed by atoms with Gasteiger partial charge >= 0.3 is 0 Å². The molecule has 0 aliphatic rings. The molecule has 6 nitrogen and oxygen atoms in total. The number of amides is 1. The van der Waals surface area contributed by atoms with Gasteiger partial charge < -0.3 is 10.1 Å². The van der Waals surface area contributed by atoms with Crippen LogP contribution in [0, 0.1) is 6.92 Å². The summed E-state index contributed by atoms with van der Waals surface area (Å²) in [7, 11) is 1.64. The Kier molecular flexibility index (Phi) is 6.71. The molecule has 146 valence electrons. The lowest BCUT2D eigenvalue weighted by atomic mass is 10.1. The number of thioether (sulfide) groups is 1. The van der Waals surface area contributed by atoms with Gasteiger partial charge in [-0.1, -0.05) is 48.5 Å². The van der Waals surface area contributed by atoms with Crippen molar-refractivity contribution in [3.63, 3.8) is 0 Å². The SMILES string of the molecule is CCCNC(=O)CSc1nnc(-c2ccccc2OC)n1-c1ccc(C)cc1. The molecule has 0 radical (unpaired) electrons. The molecule has 0 unspecified atom stereocenters. The van der Waals surface area contributed by atoms with Crippen molar-refractivity contribution < 1.29 is 9.53 Å². The van der Waals surface area contributed by atoms with Gasteiger partial charge in [0.25, 0.3) is 0 Å². The average molecular weight is 397 g/mol. The summed E-state index contributed by atoms with van der Waals surface area (Å²) in [5, 5.41) is 12.3. The summed E-state index contributed by atoms with van der Waals surface area (Å²) in [4.78, 5) is 12.0. The van der Waals surface area contributed by atoms with Crippen molar-refractivity contribution in [2.24, 2.45) is 0 Å². The zero-order valence-corrected chi connectivity index (χ0v) is 17.1. The largest absolute Gasteiger partial charge is 0.496 e. The molecule has 0 spiro atoms. The zero-order chi connectivity index (χ0) is 19.9. The number of aryl methyl sites for hydroxylation is 1. The molecule has 0 saturated carbocycles. The third-order valence-corrected chi connectivity index (χ3v) is 5.11. The highest BCUT2D eigenvalue weighted by Gasteiger charge is 2.19. The lowest BCUT2D eigenvalue weighted by molar-refractivity contribution is -0.118. The highest BCUT2D eigenvalue weighted by atomic mass is 32.2. The number of rotatable bonds is 8. The molecule has 1 N–H and O–H groups in total. The van der Waals surface area contributed by atoms with Crippen molar-refractivity contribution in [2.75, 3.05) is 19.4 Å². The first-order chi connectivity index (χ1) is 13.6. The number of ether oxygens (including phenoxy) is 1. The van der Waals surface area contributed by atoms with E-state index in [-0.39, 0.29) is 11.7 Å². The highest BCUT2D eigenvalue weighted by Crippen LogP contribution is 2.33.